The van der Waals surface area contributed by atoms with Gasteiger partial charge in [0.25, 0.3) is 0 Å². The normalized spacial score (nSPS) is 19.9. The third-order valence-electron chi connectivity index (χ3n) is 4.43. The van der Waals surface area contributed by atoms with Gasteiger partial charge in [0.2, 0.25) is 11.8 Å². The minimum Gasteiger partial charge on any atom is -0.369 e. The second-order valence-electron chi connectivity index (χ2n) is 6.11. The maximum Gasteiger partial charge on any atom is 0.416 e. The highest BCUT2D eigenvalue weighted by Gasteiger charge is 2.48. The average molecular weight is 348 g/mol. The van der Waals surface area contributed by atoms with Crippen LogP contribution in [0.5, 0.6) is 0 Å². The lowest BCUT2D eigenvalue weighted by molar-refractivity contribution is -0.140. The van der Waals surface area contributed by atoms with Gasteiger partial charge in [0.1, 0.15) is 5.41 Å². The van der Waals surface area contributed by atoms with Gasteiger partial charge >= 0.3 is 6.18 Å². The Bertz CT molecular complexity index is 834. The number of amides is 2. The fourth-order valence-corrected chi connectivity index (χ4v) is 3.04. The molecule has 1 aliphatic rings. The summed E-state index contributed by atoms with van der Waals surface area (Å²) in [4.78, 5) is 24.7. The van der Waals surface area contributed by atoms with Crippen molar-refractivity contribution < 1.29 is 22.8 Å². The van der Waals surface area contributed by atoms with Crippen LogP contribution in [0.1, 0.15) is 16.7 Å². The monoisotopic (exact) mass is 348 g/mol. The molecule has 7 heteroatoms. The molecule has 0 spiro atoms. The Morgan fingerprint density at radius 1 is 1.16 bits per heavy atom. The van der Waals surface area contributed by atoms with Crippen molar-refractivity contribution in [1.29, 1.82) is 0 Å². The minimum atomic E-state index is -4.51. The van der Waals surface area contributed by atoms with Crippen molar-refractivity contribution in [2.45, 2.75) is 19.0 Å². The molecular formula is C18H15F3N2O2. The first-order chi connectivity index (χ1) is 11.7. The lowest BCUT2D eigenvalue weighted by Gasteiger charge is -2.34. The van der Waals surface area contributed by atoms with Crippen molar-refractivity contribution in [2.75, 3.05) is 5.32 Å². The molecule has 0 fully saturated rings. The number of halogens is 3. The number of alkyl halides is 3. The van der Waals surface area contributed by atoms with E-state index < -0.39 is 29.0 Å². The van der Waals surface area contributed by atoms with Gasteiger partial charge in [-0.05, 0) is 36.1 Å². The van der Waals surface area contributed by atoms with E-state index in [4.69, 9.17) is 5.73 Å². The van der Waals surface area contributed by atoms with Gasteiger partial charge in [-0.3, -0.25) is 9.59 Å². The van der Waals surface area contributed by atoms with E-state index in [0.29, 0.717) is 5.56 Å². The Labute approximate surface area is 141 Å². The lowest BCUT2D eigenvalue weighted by atomic mass is 9.72. The molecule has 4 nitrogen and oxygen atoms in total. The molecule has 25 heavy (non-hydrogen) atoms. The highest BCUT2D eigenvalue weighted by Crippen LogP contribution is 2.39. The molecule has 1 aliphatic heterocycles. The molecule has 2 amide bonds. The number of carbonyl (C=O) groups excluding carboxylic acids is 2. The van der Waals surface area contributed by atoms with Gasteiger partial charge in [-0.25, -0.2) is 0 Å². The third-order valence-corrected chi connectivity index (χ3v) is 4.43. The van der Waals surface area contributed by atoms with E-state index in [2.05, 4.69) is 5.32 Å². The van der Waals surface area contributed by atoms with Crippen molar-refractivity contribution in [1.82, 2.24) is 0 Å². The van der Waals surface area contributed by atoms with Crippen LogP contribution in [0.2, 0.25) is 0 Å². The van der Waals surface area contributed by atoms with Crippen molar-refractivity contribution >= 4 is 17.5 Å². The van der Waals surface area contributed by atoms with Crippen LogP contribution in [0.4, 0.5) is 18.9 Å². The molecule has 0 aromatic heterocycles. The largest absolute Gasteiger partial charge is 0.416 e. The summed E-state index contributed by atoms with van der Waals surface area (Å²) in [6.07, 6.45) is -4.48. The van der Waals surface area contributed by atoms with Gasteiger partial charge in [0.05, 0.1) is 5.56 Å². The molecule has 0 aliphatic carbocycles. The van der Waals surface area contributed by atoms with Gasteiger partial charge in [-0.2, -0.15) is 13.2 Å². The van der Waals surface area contributed by atoms with Crippen molar-refractivity contribution in [3.63, 3.8) is 0 Å². The van der Waals surface area contributed by atoms with Crippen LogP contribution in [0.15, 0.2) is 48.5 Å². The summed E-state index contributed by atoms with van der Waals surface area (Å²) in [7, 11) is 0. The fourth-order valence-electron chi connectivity index (χ4n) is 3.04. The van der Waals surface area contributed by atoms with E-state index in [1.54, 1.807) is 30.3 Å². The van der Waals surface area contributed by atoms with E-state index in [0.717, 1.165) is 17.7 Å². The molecule has 0 radical (unpaired) electrons. The Hall–Kier alpha value is -2.83. The standard InChI is InChI=1S/C18H15F3N2O2/c19-18(20,21)13-7-6-12-10-17(15(22)24,16(25)23-14(12)8-13)9-11-4-2-1-3-5-11/h1-8H,9-10H2,(H2,22,24)(H,23,25). The van der Waals surface area contributed by atoms with Crippen molar-refractivity contribution in [3.8, 4) is 0 Å². The molecule has 0 bridgehead atoms. The quantitative estimate of drug-likeness (QED) is 0.837. The second kappa shape index (κ2) is 5.91. The lowest BCUT2D eigenvalue weighted by Crippen LogP contribution is -2.52. The van der Waals surface area contributed by atoms with Crippen LogP contribution in [0, 0.1) is 5.41 Å². The van der Waals surface area contributed by atoms with E-state index >= 15 is 0 Å². The molecule has 130 valence electrons. The Morgan fingerprint density at radius 3 is 2.44 bits per heavy atom. The molecule has 1 atom stereocenters. The molecule has 1 unspecified atom stereocenters. The number of nitrogens with one attached hydrogen (secondary N) is 1. The van der Waals surface area contributed by atoms with Crippen LogP contribution in [0.25, 0.3) is 0 Å². The molecule has 1 heterocycles. The highest BCUT2D eigenvalue weighted by molar-refractivity contribution is 6.12. The van der Waals surface area contributed by atoms with Gasteiger partial charge in [-0.1, -0.05) is 36.4 Å². The number of hydrogen-bond acceptors (Lipinski definition) is 2. The predicted molar refractivity (Wildman–Crippen MR) is 85.6 cm³/mol. The number of rotatable bonds is 3. The number of fused-ring (bicyclic) bond motifs is 1. The molecule has 2 aromatic rings. The molecular weight excluding hydrogens is 333 g/mol. The SMILES string of the molecule is NC(=O)C1(Cc2ccccc2)Cc2ccc(C(F)(F)F)cc2NC1=O. The maximum atomic E-state index is 12.8. The molecule has 3 N–H and O–H groups in total. The van der Waals surface area contributed by atoms with Crippen LogP contribution >= 0.6 is 0 Å². The van der Waals surface area contributed by atoms with Gasteiger partial charge in [0, 0.05) is 5.69 Å². The van der Waals surface area contributed by atoms with Gasteiger partial charge in [-0.15, -0.1) is 0 Å². The van der Waals surface area contributed by atoms with Crippen molar-refractivity contribution in [2.24, 2.45) is 11.1 Å². The zero-order chi connectivity index (χ0) is 18.2. The summed E-state index contributed by atoms with van der Waals surface area (Å²) in [5.74, 6) is -1.49. The van der Waals surface area contributed by atoms with Gasteiger partial charge < -0.3 is 11.1 Å². The summed E-state index contributed by atoms with van der Waals surface area (Å²) >= 11 is 0. The summed E-state index contributed by atoms with van der Waals surface area (Å²) in [5.41, 5.74) is 4.37. The first-order valence-corrected chi connectivity index (χ1v) is 7.58. The van der Waals surface area contributed by atoms with Gasteiger partial charge in [0.15, 0.2) is 0 Å². The molecule has 3 rings (SSSR count). The zero-order valence-corrected chi connectivity index (χ0v) is 13.1. The molecule has 2 aromatic carbocycles. The van der Waals surface area contributed by atoms with Crippen LogP contribution < -0.4 is 11.1 Å². The van der Waals surface area contributed by atoms with Crippen LogP contribution in [0.3, 0.4) is 0 Å². The molecule has 0 saturated carbocycles. The number of anilines is 1. The van der Waals surface area contributed by atoms with E-state index in [9.17, 15) is 22.8 Å². The number of nitrogens with two attached hydrogens (primary N) is 1. The fraction of sp³-hybridized carbons (Fsp3) is 0.222. The topological polar surface area (TPSA) is 72.2 Å². The second-order valence-corrected chi connectivity index (χ2v) is 6.11. The first-order valence-electron chi connectivity index (χ1n) is 7.58. The Morgan fingerprint density at radius 2 is 1.84 bits per heavy atom. The van der Waals surface area contributed by atoms with Crippen LogP contribution in [-0.2, 0) is 28.6 Å². The number of hydrogen-bond donors (Lipinski definition) is 2. The summed E-state index contributed by atoms with van der Waals surface area (Å²) in [6, 6.07) is 12.0. The summed E-state index contributed by atoms with van der Waals surface area (Å²) < 4.78 is 38.5. The third kappa shape index (κ3) is 3.09. The minimum absolute atomic E-state index is 0.0451. The van der Waals surface area contributed by atoms with Crippen molar-refractivity contribution in [3.05, 3.63) is 65.2 Å². The Kier molecular flexibility index (Phi) is 4.02. The number of primary amides is 1. The van der Waals surface area contributed by atoms with E-state index in [1.165, 1.54) is 6.07 Å². The number of carbonyl (C=O) groups is 2. The van der Waals surface area contributed by atoms with E-state index in [-0.39, 0.29) is 18.5 Å². The summed E-state index contributed by atoms with van der Waals surface area (Å²) in [6.45, 7) is 0. The highest BCUT2D eigenvalue weighted by atomic mass is 19.4. The smallest absolute Gasteiger partial charge is 0.369 e. The zero-order valence-electron chi connectivity index (χ0n) is 13.1. The first kappa shape index (κ1) is 17.0. The Balaban J connectivity index is 2.01. The van der Waals surface area contributed by atoms with Crippen LogP contribution in [-0.4, -0.2) is 11.8 Å². The van der Waals surface area contributed by atoms with E-state index in [1.807, 2.05) is 0 Å². The molecule has 0 saturated heterocycles. The number of benzene rings is 2. The predicted octanol–water partition coefficient (Wildman–Crippen LogP) is 2.91. The summed E-state index contributed by atoms with van der Waals surface area (Å²) in [5, 5.41) is 2.43. The maximum absolute atomic E-state index is 12.8. The average Bonchev–Trinajstić information content (AvgIpc) is 2.55.